The lowest BCUT2D eigenvalue weighted by Crippen LogP contribution is -2.34. The summed E-state index contributed by atoms with van der Waals surface area (Å²) in [7, 11) is -1.81. The molecule has 1 aromatic carbocycles. The summed E-state index contributed by atoms with van der Waals surface area (Å²) in [6.07, 6.45) is 0. The molecule has 0 aliphatic rings. The van der Waals surface area contributed by atoms with Crippen LogP contribution in [0.1, 0.15) is 26.3 Å². The first-order valence-corrected chi connectivity index (χ1v) is 9.66. The third-order valence-corrected chi connectivity index (χ3v) is 5.21. The normalized spacial score (nSPS) is 11.8. The molecule has 5 heteroatoms. The van der Waals surface area contributed by atoms with Crippen LogP contribution in [-0.2, 0) is 5.41 Å². The minimum Gasteiger partial charge on any atom is -0.544 e. The largest absolute Gasteiger partial charge is 0.544 e. The van der Waals surface area contributed by atoms with Gasteiger partial charge in [-0.15, -0.1) is 0 Å². The molecular weight excluding hydrogens is 254 g/mol. The molecule has 1 aromatic rings. The Morgan fingerprint density at radius 3 is 2.26 bits per heavy atom. The lowest BCUT2D eigenvalue weighted by atomic mass is 9.87. The molecule has 0 saturated carbocycles. The lowest BCUT2D eigenvalue weighted by Gasteiger charge is -2.24. The molecule has 0 atom stereocenters. The van der Waals surface area contributed by atoms with Gasteiger partial charge in [0.2, 0.25) is 8.32 Å². The summed E-state index contributed by atoms with van der Waals surface area (Å²) < 4.78 is 6.07. The topological polar surface area (TPSA) is 58.0 Å². The Morgan fingerprint density at radius 2 is 1.79 bits per heavy atom. The Bertz CT molecular complexity index is 457. The van der Waals surface area contributed by atoms with Gasteiger partial charge in [0, 0.05) is 11.5 Å². The van der Waals surface area contributed by atoms with Crippen molar-refractivity contribution in [2.75, 3.05) is 6.54 Å². The lowest BCUT2D eigenvalue weighted by molar-refractivity contribution is 0.543. The van der Waals surface area contributed by atoms with Gasteiger partial charge < -0.3 is 4.43 Å². The van der Waals surface area contributed by atoms with Crippen LogP contribution in [0.3, 0.4) is 0 Å². The molecule has 0 aromatic heterocycles. The number of hydrogen-bond acceptors (Lipinski definition) is 2. The molecule has 0 aliphatic heterocycles. The third kappa shape index (κ3) is 5.37. The zero-order chi connectivity index (χ0) is 14.5. The van der Waals surface area contributed by atoms with Crippen molar-refractivity contribution in [3.63, 3.8) is 0 Å². The second-order valence-corrected chi connectivity index (χ2v) is 10.6. The Balaban J connectivity index is 2.69. The molecule has 104 valence electrons. The molecule has 19 heavy (non-hydrogen) atoms. The van der Waals surface area contributed by atoms with E-state index in [2.05, 4.69) is 56.0 Å². The van der Waals surface area contributed by atoms with Gasteiger partial charge in [-0.2, -0.15) is 0 Å². The molecule has 0 saturated heterocycles. The molecule has 0 fully saturated rings. The summed E-state index contributed by atoms with van der Waals surface area (Å²) in [6, 6.07) is 9.13. The summed E-state index contributed by atoms with van der Waals surface area (Å²) >= 11 is 0. The van der Waals surface area contributed by atoms with Crippen molar-refractivity contribution in [2.45, 2.75) is 45.3 Å². The molecular formula is C14H23N3OSi. The number of azide groups is 1. The maximum absolute atomic E-state index is 8.29. The summed E-state index contributed by atoms with van der Waals surface area (Å²) in [4.78, 5) is 2.78. The van der Waals surface area contributed by atoms with Crippen LogP contribution in [-0.4, -0.2) is 14.9 Å². The Morgan fingerprint density at radius 1 is 1.21 bits per heavy atom. The SMILES string of the molecule is CC(C)(C)c1ccc(O[Si](C)(C)CCN=[N+]=[N-])cc1. The van der Waals surface area contributed by atoms with Gasteiger partial charge in [0.05, 0.1) is 0 Å². The predicted molar refractivity (Wildman–Crippen MR) is 82.1 cm³/mol. The Kier molecular flexibility index (Phi) is 5.03. The molecule has 4 nitrogen and oxygen atoms in total. The van der Waals surface area contributed by atoms with E-state index in [9.17, 15) is 0 Å². The van der Waals surface area contributed by atoms with Gasteiger partial charge in [0.25, 0.3) is 0 Å². The number of hydrogen-bond donors (Lipinski definition) is 0. The smallest absolute Gasteiger partial charge is 0.245 e. The number of nitrogens with zero attached hydrogens (tertiary/aromatic N) is 3. The quantitative estimate of drug-likeness (QED) is 0.327. The van der Waals surface area contributed by atoms with E-state index in [-0.39, 0.29) is 5.41 Å². The summed E-state index contributed by atoms with van der Waals surface area (Å²) in [5.74, 6) is 0.908. The van der Waals surface area contributed by atoms with Crippen molar-refractivity contribution in [1.29, 1.82) is 0 Å². The minimum atomic E-state index is -1.81. The summed E-state index contributed by atoms with van der Waals surface area (Å²) in [5, 5.41) is 3.58. The molecule has 0 radical (unpaired) electrons. The first-order valence-electron chi connectivity index (χ1n) is 6.55. The van der Waals surface area contributed by atoms with Gasteiger partial charge in [-0.25, -0.2) is 0 Å². The fraction of sp³-hybridized carbons (Fsp3) is 0.571. The zero-order valence-electron chi connectivity index (χ0n) is 12.5. The van der Waals surface area contributed by atoms with Crippen LogP contribution in [0.25, 0.3) is 10.4 Å². The van der Waals surface area contributed by atoms with Crippen LogP contribution < -0.4 is 4.43 Å². The van der Waals surface area contributed by atoms with Gasteiger partial charge in [0.15, 0.2) is 0 Å². The highest BCUT2D eigenvalue weighted by Crippen LogP contribution is 2.26. The molecule has 0 amide bonds. The van der Waals surface area contributed by atoms with Gasteiger partial charge in [-0.05, 0) is 47.8 Å². The van der Waals surface area contributed by atoms with Crippen molar-refractivity contribution in [2.24, 2.45) is 5.11 Å². The molecule has 1 rings (SSSR count). The second-order valence-electron chi connectivity index (χ2n) is 6.34. The minimum absolute atomic E-state index is 0.160. The zero-order valence-corrected chi connectivity index (χ0v) is 13.5. The standard InChI is InChI=1S/C14H23N3OSi/c1-14(2,3)12-6-8-13(9-7-12)18-19(4,5)11-10-16-17-15/h6-9H,10-11H2,1-5H3. The fourth-order valence-electron chi connectivity index (χ4n) is 1.76. The maximum Gasteiger partial charge on any atom is 0.245 e. The van der Waals surface area contributed by atoms with Crippen LogP contribution in [0.5, 0.6) is 5.75 Å². The first-order chi connectivity index (χ1) is 8.74. The van der Waals surface area contributed by atoms with Crippen LogP contribution in [0.2, 0.25) is 19.1 Å². The maximum atomic E-state index is 8.29. The van der Waals surface area contributed by atoms with Gasteiger partial charge in [-0.3, -0.25) is 0 Å². The molecule has 0 N–H and O–H groups in total. The number of rotatable bonds is 5. The van der Waals surface area contributed by atoms with Crippen LogP contribution in [0, 0.1) is 0 Å². The van der Waals surface area contributed by atoms with Crippen LogP contribution in [0.15, 0.2) is 29.4 Å². The third-order valence-electron chi connectivity index (χ3n) is 2.99. The van der Waals surface area contributed by atoms with Crippen LogP contribution in [0.4, 0.5) is 0 Å². The van der Waals surface area contributed by atoms with E-state index in [1.807, 2.05) is 12.1 Å². The highest BCUT2D eigenvalue weighted by Gasteiger charge is 2.23. The highest BCUT2D eigenvalue weighted by molar-refractivity contribution is 6.71. The summed E-state index contributed by atoms with van der Waals surface area (Å²) in [6.45, 7) is 11.4. The van der Waals surface area contributed by atoms with Crippen molar-refractivity contribution in [3.05, 3.63) is 40.3 Å². The molecule has 0 heterocycles. The van der Waals surface area contributed by atoms with Gasteiger partial charge >= 0.3 is 0 Å². The van der Waals surface area contributed by atoms with E-state index < -0.39 is 8.32 Å². The average Bonchev–Trinajstić information content (AvgIpc) is 2.28. The number of benzene rings is 1. The van der Waals surface area contributed by atoms with Crippen molar-refractivity contribution < 1.29 is 4.43 Å². The van der Waals surface area contributed by atoms with Gasteiger partial charge in [-0.1, -0.05) is 38.0 Å². The average molecular weight is 277 g/mol. The van der Waals surface area contributed by atoms with E-state index in [1.54, 1.807) is 0 Å². The molecule has 0 aliphatic carbocycles. The highest BCUT2D eigenvalue weighted by atomic mass is 28.4. The first kappa shape index (κ1) is 15.6. The van der Waals surface area contributed by atoms with Crippen molar-refractivity contribution in [1.82, 2.24) is 0 Å². The molecule has 0 spiro atoms. The van der Waals surface area contributed by atoms with E-state index >= 15 is 0 Å². The molecule has 0 bridgehead atoms. The molecule has 0 unspecified atom stereocenters. The monoisotopic (exact) mass is 277 g/mol. The predicted octanol–water partition coefficient (Wildman–Crippen LogP) is 4.88. The Hall–Kier alpha value is -1.45. The van der Waals surface area contributed by atoms with Crippen molar-refractivity contribution >= 4 is 8.32 Å². The van der Waals surface area contributed by atoms with Crippen molar-refractivity contribution in [3.8, 4) is 5.75 Å². The van der Waals surface area contributed by atoms with E-state index in [1.165, 1.54) is 5.56 Å². The van der Waals surface area contributed by atoms with E-state index in [0.717, 1.165) is 11.8 Å². The second kappa shape index (κ2) is 6.13. The fourth-order valence-corrected chi connectivity index (χ4v) is 3.27. The Labute approximate surface area is 116 Å². The van der Waals surface area contributed by atoms with E-state index in [4.69, 9.17) is 9.96 Å². The van der Waals surface area contributed by atoms with E-state index in [0.29, 0.717) is 6.54 Å². The van der Waals surface area contributed by atoms with Gasteiger partial charge in [0.1, 0.15) is 5.75 Å². The summed E-state index contributed by atoms with van der Waals surface area (Å²) in [5.41, 5.74) is 9.75. The van der Waals surface area contributed by atoms with Crippen LogP contribution >= 0.6 is 0 Å².